The second-order valence-corrected chi connectivity index (χ2v) is 4.90. The Balaban J connectivity index is 1.75. The molecule has 1 aromatic rings. The first kappa shape index (κ1) is 12.6. The van der Waals surface area contributed by atoms with Crippen LogP contribution in [-0.2, 0) is 9.47 Å². The second kappa shape index (κ2) is 5.30. The Morgan fingerprint density at radius 3 is 3.16 bits per heavy atom. The molecule has 0 saturated carbocycles. The third kappa shape index (κ3) is 2.64. The average Bonchev–Trinajstić information content (AvgIpc) is 2.87. The largest absolute Gasteiger partial charge is 0.477 e. The zero-order chi connectivity index (χ0) is 13.1. The number of hydrogen-bond donors (Lipinski definition) is 0. The molecule has 0 amide bonds. The Kier molecular flexibility index (Phi) is 3.52. The highest BCUT2D eigenvalue weighted by atomic mass is 16.6. The van der Waals surface area contributed by atoms with Crippen LogP contribution < -0.4 is 9.64 Å². The molecule has 2 aliphatic rings. The predicted octanol–water partition coefficient (Wildman–Crippen LogP) is 0.871. The molecule has 0 radical (unpaired) electrons. The van der Waals surface area contributed by atoms with Gasteiger partial charge in [0.25, 0.3) is 0 Å². The highest BCUT2D eigenvalue weighted by Gasteiger charge is 2.40. The third-order valence-corrected chi connectivity index (χ3v) is 3.53. The zero-order valence-electron chi connectivity index (χ0n) is 11.2. The SMILES string of the molecule is CCOc1cncc(N2CCOC3(CCOC3)C2)n1. The van der Waals surface area contributed by atoms with E-state index in [0.29, 0.717) is 25.7 Å². The molecule has 1 aromatic heterocycles. The molecule has 0 N–H and O–H groups in total. The summed E-state index contributed by atoms with van der Waals surface area (Å²) in [5, 5.41) is 0. The van der Waals surface area contributed by atoms with E-state index in [1.54, 1.807) is 12.4 Å². The first-order valence-corrected chi connectivity index (χ1v) is 6.73. The van der Waals surface area contributed by atoms with Gasteiger partial charge < -0.3 is 19.1 Å². The number of rotatable bonds is 3. The Morgan fingerprint density at radius 2 is 2.37 bits per heavy atom. The van der Waals surface area contributed by atoms with Gasteiger partial charge in [0.15, 0.2) is 5.82 Å². The van der Waals surface area contributed by atoms with E-state index in [1.807, 2.05) is 6.92 Å². The van der Waals surface area contributed by atoms with E-state index in [0.717, 1.165) is 31.9 Å². The van der Waals surface area contributed by atoms with Crippen molar-refractivity contribution in [1.29, 1.82) is 0 Å². The highest BCUT2D eigenvalue weighted by molar-refractivity contribution is 5.39. The summed E-state index contributed by atoms with van der Waals surface area (Å²) in [5.74, 6) is 1.42. The van der Waals surface area contributed by atoms with Gasteiger partial charge in [-0.2, -0.15) is 4.98 Å². The number of anilines is 1. The van der Waals surface area contributed by atoms with Crippen LogP contribution >= 0.6 is 0 Å². The summed E-state index contributed by atoms with van der Waals surface area (Å²) in [6.07, 6.45) is 4.36. The monoisotopic (exact) mass is 265 g/mol. The maximum Gasteiger partial charge on any atom is 0.234 e. The molecule has 2 fully saturated rings. The van der Waals surface area contributed by atoms with E-state index in [9.17, 15) is 0 Å². The van der Waals surface area contributed by atoms with Gasteiger partial charge in [0.2, 0.25) is 5.88 Å². The Labute approximate surface area is 112 Å². The minimum Gasteiger partial charge on any atom is -0.477 e. The van der Waals surface area contributed by atoms with Crippen molar-refractivity contribution < 1.29 is 14.2 Å². The van der Waals surface area contributed by atoms with Crippen LogP contribution in [0.2, 0.25) is 0 Å². The first-order valence-electron chi connectivity index (χ1n) is 6.73. The molecule has 6 nitrogen and oxygen atoms in total. The third-order valence-electron chi connectivity index (χ3n) is 3.53. The van der Waals surface area contributed by atoms with Crippen molar-refractivity contribution in [3.8, 4) is 5.88 Å². The number of hydrogen-bond acceptors (Lipinski definition) is 6. The number of nitrogens with zero attached hydrogens (tertiary/aromatic N) is 3. The van der Waals surface area contributed by atoms with Crippen molar-refractivity contribution in [2.45, 2.75) is 18.9 Å². The van der Waals surface area contributed by atoms with Crippen molar-refractivity contribution in [3.63, 3.8) is 0 Å². The van der Waals surface area contributed by atoms with Gasteiger partial charge >= 0.3 is 0 Å². The minimum atomic E-state index is -0.165. The molecule has 104 valence electrons. The van der Waals surface area contributed by atoms with Crippen molar-refractivity contribution >= 4 is 5.82 Å². The smallest absolute Gasteiger partial charge is 0.234 e. The van der Waals surface area contributed by atoms with Gasteiger partial charge in [0.05, 0.1) is 38.8 Å². The van der Waals surface area contributed by atoms with Gasteiger partial charge in [-0.3, -0.25) is 4.98 Å². The van der Waals surface area contributed by atoms with E-state index >= 15 is 0 Å². The maximum absolute atomic E-state index is 5.91. The molecule has 0 aromatic carbocycles. The van der Waals surface area contributed by atoms with Crippen molar-refractivity contribution in [2.75, 3.05) is 44.4 Å². The van der Waals surface area contributed by atoms with Gasteiger partial charge in [-0.1, -0.05) is 0 Å². The van der Waals surface area contributed by atoms with E-state index in [-0.39, 0.29) is 5.60 Å². The summed E-state index contributed by atoms with van der Waals surface area (Å²) < 4.78 is 16.8. The fraction of sp³-hybridized carbons (Fsp3) is 0.692. The summed E-state index contributed by atoms with van der Waals surface area (Å²) >= 11 is 0. The quantitative estimate of drug-likeness (QED) is 0.808. The van der Waals surface area contributed by atoms with Crippen LogP contribution in [0, 0.1) is 0 Å². The van der Waals surface area contributed by atoms with Crippen LogP contribution in [0.25, 0.3) is 0 Å². The highest BCUT2D eigenvalue weighted by Crippen LogP contribution is 2.29. The second-order valence-electron chi connectivity index (χ2n) is 4.90. The number of ether oxygens (including phenoxy) is 3. The molecular weight excluding hydrogens is 246 g/mol. The Morgan fingerprint density at radius 1 is 1.42 bits per heavy atom. The normalized spacial score (nSPS) is 26.9. The summed E-state index contributed by atoms with van der Waals surface area (Å²) in [4.78, 5) is 10.9. The van der Waals surface area contributed by atoms with Gasteiger partial charge in [0.1, 0.15) is 5.60 Å². The lowest BCUT2D eigenvalue weighted by molar-refractivity contribution is -0.0581. The minimum absolute atomic E-state index is 0.165. The molecule has 3 rings (SSSR count). The van der Waals surface area contributed by atoms with Crippen LogP contribution in [0.4, 0.5) is 5.82 Å². The van der Waals surface area contributed by atoms with Crippen molar-refractivity contribution in [1.82, 2.24) is 9.97 Å². The van der Waals surface area contributed by atoms with Crippen LogP contribution in [0.1, 0.15) is 13.3 Å². The van der Waals surface area contributed by atoms with Gasteiger partial charge in [-0.15, -0.1) is 0 Å². The summed E-state index contributed by atoms with van der Waals surface area (Å²) in [6, 6.07) is 0. The number of aromatic nitrogens is 2. The number of morpholine rings is 1. The van der Waals surface area contributed by atoms with Gasteiger partial charge in [-0.25, -0.2) is 0 Å². The maximum atomic E-state index is 5.91. The summed E-state index contributed by atoms with van der Waals surface area (Å²) in [6.45, 7) is 6.31. The molecule has 1 atom stereocenters. The summed E-state index contributed by atoms with van der Waals surface area (Å²) in [7, 11) is 0. The van der Waals surface area contributed by atoms with Gasteiger partial charge in [0, 0.05) is 19.6 Å². The average molecular weight is 265 g/mol. The van der Waals surface area contributed by atoms with Crippen molar-refractivity contribution in [3.05, 3.63) is 12.4 Å². The first-order chi connectivity index (χ1) is 9.31. The fourth-order valence-electron chi connectivity index (χ4n) is 2.58. The molecule has 0 bridgehead atoms. The summed E-state index contributed by atoms with van der Waals surface area (Å²) in [5.41, 5.74) is -0.165. The topological polar surface area (TPSA) is 56.7 Å². The molecule has 2 saturated heterocycles. The molecule has 1 spiro atoms. The molecule has 3 heterocycles. The van der Waals surface area contributed by atoms with Crippen molar-refractivity contribution in [2.24, 2.45) is 0 Å². The lowest BCUT2D eigenvalue weighted by Crippen LogP contribution is -2.52. The van der Waals surface area contributed by atoms with Gasteiger partial charge in [-0.05, 0) is 6.92 Å². The van der Waals surface area contributed by atoms with Crippen LogP contribution in [0.15, 0.2) is 12.4 Å². The Hall–Kier alpha value is -1.40. The molecule has 2 aliphatic heterocycles. The molecule has 19 heavy (non-hydrogen) atoms. The van der Waals surface area contributed by atoms with Crippen LogP contribution in [-0.4, -0.2) is 55.1 Å². The fourth-order valence-corrected chi connectivity index (χ4v) is 2.58. The lowest BCUT2D eigenvalue weighted by Gasteiger charge is -2.39. The zero-order valence-corrected chi connectivity index (χ0v) is 11.2. The van der Waals surface area contributed by atoms with E-state index in [2.05, 4.69) is 14.9 Å². The van der Waals surface area contributed by atoms with E-state index < -0.39 is 0 Å². The van der Waals surface area contributed by atoms with Crippen LogP contribution in [0.3, 0.4) is 0 Å². The Bertz CT molecular complexity index is 435. The van der Waals surface area contributed by atoms with E-state index in [4.69, 9.17) is 14.2 Å². The molecular formula is C13H19N3O3. The predicted molar refractivity (Wildman–Crippen MR) is 69.5 cm³/mol. The van der Waals surface area contributed by atoms with E-state index in [1.165, 1.54) is 0 Å². The molecule has 6 heteroatoms. The van der Waals surface area contributed by atoms with Crippen LogP contribution in [0.5, 0.6) is 5.88 Å². The molecule has 0 aliphatic carbocycles. The lowest BCUT2D eigenvalue weighted by atomic mass is 10.0. The standard InChI is InChI=1S/C13H19N3O3/c1-2-18-12-8-14-7-11(15-12)16-4-6-19-13(9-16)3-5-17-10-13/h7-8H,2-6,9-10H2,1H3. The molecule has 1 unspecified atom stereocenters.